The molecular weight excluding hydrogens is 527 g/mol. The predicted molar refractivity (Wildman–Crippen MR) is 136 cm³/mol. The molecule has 0 aliphatic rings. The van der Waals surface area contributed by atoms with Crippen LogP contribution in [-0.2, 0) is 11.2 Å². The number of H-pyrrole nitrogens is 1. The van der Waals surface area contributed by atoms with Gasteiger partial charge in [0.2, 0.25) is 0 Å². The van der Waals surface area contributed by atoms with E-state index in [1.54, 1.807) is 31.2 Å². The van der Waals surface area contributed by atoms with Gasteiger partial charge in [-0.1, -0.05) is 51.3 Å². The topological polar surface area (TPSA) is 71.2 Å². The van der Waals surface area contributed by atoms with Crippen LogP contribution < -0.4 is 5.32 Å². The van der Waals surface area contributed by atoms with Gasteiger partial charge in [-0.2, -0.15) is 0 Å². The van der Waals surface area contributed by atoms with E-state index in [-0.39, 0.29) is 18.2 Å². The normalized spacial score (nSPS) is 10.9. The van der Waals surface area contributed by atoms with E-state index >= 15 is 0 Å². The molecule has 0 fully saturated rings. The average Bonchev–Trinajstić information content (AvgIpc) is 3.12. The lowest BCUT2D eigenvalue weighted by atomic mass is 10.00. The third-order valence-corrected chi connectivity index (χ3v) is 6.00. The monoisotopic (exact) mass is 544 g/mol. The number of ether oxygens (including phenoxy) is 1. The van der Waals surface area contributed by atoms with Crippen LogP contribution in [0.4, 0.5) is 5.69 Å². The lowest BCUT2D eigenvalue weighted by Crippen LogP contribution is -2.15. The number of fused-ring (bicyclic) bond motifs is 1. The second-order valence-corrected chi connectivity index (χ2v) is 9.14. The van der Waals surface area contributed by atoms with E-state index in [1.807, 2.05) is 36.4 Å². The molecule has 1 aromatic heterocycles. The summed E-state index contributed by atoms with van der Waals surface area (Å²) in [5.74, 6) is -0.917. The zero-order chi connectivity index (χ0) is 23.5. The molecule has 0 saturated carbocycles. The third-order valence-electron chi connectivity index (χ3n) is 5.05. The fraction of sp³-hybridized carbons (Fsp3) is 0.120. The number of aromatic nitrogens is 1. The summed E-state index contributed by atoms with van der Waals surface area (Å²) in [6, 6.07) is 17.9. The largest absolute Gasteiger partial charge is 0.461 e. The first-order chi connectivity index (χ1) is 15.9. The molecule has 0 unspecified atom stereocenters. The highest BCUT2D eigenvalue weighted by Gasteiger charge is 2.24. The summed E-state index contributed by atoms with van der Waals surface area (Å²) in [5, 5.41) is 4.80. The molecule has 168 valence electrons. The van der Waals surface area contributed by atoms with Gasteiger partial charge in [0.1, 0.15) is 5.69 Å². The number of hydrogen-bond acceptors (Lipinski definition) is 3. The molecular formula is C25H19BrCl2N2O3. The van der Waals surface area contributed by atoms with E-state index in [1.165, 1.54) is 0 Å². The molecule has 0 saturated heterocycles. The van der Waals surface area contributed by atoms with Crippen LogP contribution in [0.1, 0.15) is 38.9 Å². The standard InChI is InChI=1S/C25H19BrCl2N2O3/c1-2-33-25(32)23-22(30-24(31)15-6-8-18(27)9-7-15)21-16(12-17(26)13-20(21)29-23)10-14-4-3-5-19(28)11-14/h3-9,11-13,29H,2,10H2,1H3,(H,30,31). The van der Waals surface area contributed by atoms with Crippen LogP contribution in [0, 0.1) is 0 Å². The number of aromatic amines is 1. The Labute approximate surface area is 209 Å². The van der Waals surface area contributed by atoms with Crippen molar-refractivity contribution in [1.82, 2.24) is 4.98 Å². The van der Waals surface area contributed by atoms with Gasteiger partial charge in [-0.25, -0.2) is 4.79 Å². The van der Waals surface area contributed by atoms with E-state index in [0.717, 1.165) is 21.0 Å². The van der Waals surface area contributed by atoms with Gasteiger partial charge in [-0.15, -0.1) is 0 Å². The number of benzene rings is 3. The van der Waals surface area contributed by atoms with Crippen LogP contribution in [0.25, 0.3) is 10.9 Å². The van der Waals surface area contributed by atoms with E-state index in [9.17, 15) is 9.59 Å². The number of nitrogens with one attached hydrogen (secondary N) is 2. The fourth-order valence-corrected chi connectivity index (χ4v) is 4.50. The van der Waals surface area contributed by atoms with Gasteiger partial charge in [0.05, 0.1) is 12.3 Å². The smallest absolute Gasteiger partial charge is 0.356 e. The SMILES string of the molecule is CCOC(=O)c1[nH]c2cc(Br)cc(Cc3cccc(Cl)c3)c2c1NC(=O)c1ccc(Cl)cc1. The highest BCUT2D eigenvalue weighted by atomic mass is 79.9. The number of hydrogen-bond donors (Lipinski definition) is 2. The van der Waals surface area contributed by atoms with Crippen LogP contribution in [0.3, 0.4) is 0 Å². The second kappa shape index (κ2) is 10.00. The summed E-state index contributed by atoms with van der Waals surface area (Å²) >= 11 is 15.7. The molecule has 8 heteroatoms. The van der Waals surface area contributed by atoms with E-state index in [2.05, 4.69) is 26.2 Å². The van der Waals surface area contributed by atoms with E-state index in [4.69, 9.17) is 27.9 Å². The number of carbonyl (C=O) groups is 2. The molecule has 4 aromatic rings. The summed E-state index contributed by atoms with van der Waals surface area (Å²) in [6.07, 6.45) is 0.542. The van der Waals surface area contributed by atoms with Gasteiger partial charge >= 0.3 is 5.97 Å². The fourth-order valence-electron chi connectivity index (χ4n) is 3.65. The Morgan fingerprint density at radius 3 is 2.48 bits per heavy atom. The molecule has 4 rings (SSSR count). The highest BCUT2D eigenvalue weighted by molar-refractivity contribution is 9.10. The summed E-state index contributed by atoms with van der Waals surface area (Å²) in [5.41, 5.74) is 3.55. The maximum atomic E-state index is 13.0. The highest BCUT2D eigenvalue weighted by Crippen LogP contribution is 2.35. The minimum atomic E-state index is -0.551. The average molecular weight is 546 g/mol. The first-order valence-electron chi connectivity index (χ1n) is 10.2. The molecule has 0 aliphatic heterocycles. The predicted octanol–water partition coefficient (Wildman–Crippen LogP) is 7.26. The van der Waals surface area contributed by atoms with Gasteiger partial charge in [0.15, 0.2) is 0 Å². The van der Waals surface area contributed by atoms with Gasteiger partial charge in [0.25, 0.3) is 5.91 Å². The van der Waals surface area contributed by atoms with Crippen LogP contribution in [0.5, 0.6) is 0 Å². The van der Waals surface area contributed by atoms with Crippen LogP contribution >= 0.6 is 39.1 Å². The number of halogens is 3. The molecule has 0 spiro atoms. The molecule has 0 aliphatic carbocycles. The minimum Gasteiger partial charge on any atom is -0.461 e. The Morgan fingerprint density at radius 1 is 1.03 bits per heavy atom. The number of anilines is 1. The zero-order valence-corrected chi connectivity index (χ0v) is 20.6. The van der Waals surface area contributed by atoms with Gasteiger partial charge in [0, 0.05) is 31.0 Å². The Kier molecular flexibility index (Phi) is 7.08. The first-order valence-corrected chi connectivity index (χ1v) is 11.7. The lowest BCUT2D eigenvalue weighted by molar-refractivity contribution is 0.0522. The number of amides is 1. The van der Waals surface area contributed by atoms with Crippen molar-refractivity contribution in [1.29, 1.82) is 0 Å². The Hall–Kier alpha value is -2.80. The van der Waals surface area contributed by atoms with Crippen molar-refractivity contribution in [3.63, 3.8) is 0 Å². The van der Waals surface area contributed by atoms with Crippen molar-refractivity contribution in [3.8, 4) is 0 Å². The summed E-state index contributed by atoms with van der Waals surface area (Å²) < 4.78 is 6.07. The lowest BCUT2D eigenvalue weighted by Gasteiger charge is -2.11. The molecule has 0 atom stereocenters. The van der Waals surface area contributed by atoms with Crippen molar-refractivity contribution < 1.29 is 14.3 Å². The molecule has 2 N–H and O–H groups in total. The Bertz CT molecular complexity index is 1350. The molecule has 3 aromatic carbocycles. The maximum Gasteiger partial charge on any atom is 0.356 e. The van der Waals surface area contributed by atoms with Crippen molar-refractivity contribution in [2.75, 3.05) is 11.9 Å². The third kappa shape index (κ3) is 5.24. The second-order valence-electron chi connectivity index (χ2n) is 7.35. The molecule has 1 amide bonds. The van der Waals surface area contributed by atoms with Crippen molar-refractivity contribution in [3.05, 3.63) is 97.6 Å². The number of esters is 1. The van der Waals surface area contributed by atoms with E-state index < -0.39 is 5.97 Å². The molecule has 33 heavy (non-hydrogen) atoms. The quantitative estimate of drug-likeness (QED) is 0.250. The summed E-state index contributed by atoms with van der Waals surface area (Å²) in [7, 11) is 0. The number of carbonyl (C=O) groups excluding carboxylic acids is 2. The Balaban J connectivity index is 1.85. The maximum absolute atomic E-state index is 13.0. The number of rotatable bonds is 6. The zero-order valence-electron chi connectivity index (χ0n) is 17.5. The van der Waals surface area contributed by atoms with Crippen LogP contribution in [0.15, 0.2) is 65.1 Å². The van der Waals surface area contributed by atoms with Gasteiger partial charge < -0.3 is 15.0 Å². The Morgan fingerprint density at radius 2 is 1.79 bits per heavy atom. The summed E-state index contributed by atoms with van der Waals surface area (Å²) in [4.78, 5) is 28.9. The first kappa shape index (κ1) is 23.4. The van der Waals surface area contributed by atoms with E-state index in [0.29, 0.717) is 33.2 Å². The molecule has 0 radical (unpaired) electrons. The summed E-state index contributed by atoms with van der Waals surface area (Å²) in [6.45, 7) is 1.94. The van der Waals surface area contributed by atoms with Crippen molar-refractivity contribution >= 4 is 67.6 Å². The van der Waals surface area contributed by atoms with Crippen LogP contribution in [-0.4, -0.2) is 23.5 Å². The van der Waals surface area contributed by atoms with Crippen LogP contribution in [0.2, 0.25) is 10.0 Å². The van der Waals surface area contributed by atoms with Gasteiger partial charge in [-0.3, -0.25) is 4.79 Å². The van der Waals surface area contributed by atoms with Gasteiger partial charge in [-0.05, 0) is 73.0 Å². The minimum absolute atomic E-state index is 0.180. The van der Waals surface area contributed by atoms with Crippen molar-refractivity contribution in [2.24, 2.45) is 0 Å². The molecule has 5 nitrogen and oxygen atoms in total. The van der Waals surface area contributed by atoms with Crippen molar-refractivity contribution in [2.45, 2.75) is 13.3 Å². The molecule has 0 bridgehead atoms. The molecule has 1 heterocycles.